The predicted octanol–water partition coefficient (Wildman–Crippen LogP) is 5.28. The van der Waals surface area contributed by atoms with Crippen molar-refractivity contribution >= 4 is 16.5 Å². The van der Waals surface area contributed by atoms with Gasteiger partial charge in [-0.3, -0.25) is 9.67 Å². The molecular weight excluding hydrogens is 434 g/mol. The number of pyridine rings is 1. The van der Waals surface area contributed by atoms with E-state index in [0.29, 0.717) is 6.54 Å². The second-order valence-corrected chi connectivity index (χ2v) is 8.81. The normalized spacial score (nSPS) is 10.9. The fraction of sp³-hybridized carbons (Fsp3) is 0.320. The van der Waals surface area contributed by atoms with E-state index in [2.05, 4.69) is 28.5 Å². The van der Waals surface area contributed by atoms with Gasteiger partial charge in [0.05, 0.1) is 24.8 Å². The summed E-state index contributed by atoms with van der Waals surface area (Å²) >= 11 is 1.62. The summed E-state index contributed by atoms with van der Waals surface area (Å²) in [5, 5.41) is 9.06. The molecule has 0 amide bonds. The van der Waals surface area contributed by atoms with Gasteiger partial charge < -0.3 is 14.8 Å². The molecule has 3 aromatic heterocycles. The van der Waals surface area contributed by atoms with E-state index >= 15 is 0 Å². The molecule has 0 unspecified atom stereocenters. The molecule has 0 bridgehead atoms. The minimum atomic E-state index is 0.647. The van der Waals surface area contributed by atoms with Gasteiger partial charge in [-0.15, -0.1) is 0 Å². The first kappa shape index (κ1) is 22.8. The third-order valence-electron chi connectivity index (χ3n) is 5.33. The molecule has 172 valence electrons. The number of nitrogens with zero attached hydrogens (tertiary/aromatic N) is 4. The molecule has 0 aliphatic rings. The zero-order valence-electron chi connectivity index (χ0n) is 19.5. The van der Waals surface area contributed by atoms with Gasteiger partial charge in [-0.2, -0.15) is 5.10 Å². The molecule has 7 nitrogen and oxygen atoms in total. The predicted molar refractivity (Wildman–Crippen MR) is 132 cm³/mol. The Morgan fingerprint density at radius 1 is 1.00 bits per heavy atom. The number of aryl methyl sites for hydroxylation is 4. The number of aromatic nitrogens is 4. The van der Waals surface area contributed by atoms with Crippen LogP contribution in [0.3, 0.4) is 0 Å². The fourth-order valence-electron chi connectivity index (χ4n) is 3.65. The Bertz CT molecular complexity index is 1220. The van der Waals surface area contributed by atoms with E-state index in [4.69, 9.17) is 19.6 Å². The third kappa shape index (κ3) is 5.70. The number of hydrogen-bond donors (Lipinski definition) is 1. The fourth-order valence-corrected chi connectivity index (χ4v) is 4.57. The summed E-state index contributed by atoms with van der Waals surface area (Å²) in [6, 6.07) is 14.1. The molecular formula is C25H29N5O2S. The van der Waals surface area contributed by atoms with E-state index in [1.54, 1.807) is 25.6 Å². The van der Waals surface area contributed by atoms with Crippen LogP contribution in [0.5, 0.6) is 11.5 Å². The van der Waals surface area contributed by atoms with E-state index in [-0.39, 0.29) is 0 Å². The minimum absolute atomic E-state index is 0.647. The SMILES string of the molecule is COc1ccc(CNc2nc(C)c(-c3ccn(CCCc4cccc(C)n4)n3)s2)cc1OC. The summed E-state index contributed by atoms with van der Waals surface area (Å²) in [5.74, 6) is 1.44. The van der Waals surface area contributed by atoms with Crippen molar-refractivity contribution in [3.63, 3.8) is 0 Å². The Morgan fingerprint density at radius 2 is 1.85 bits per heavy atom. The summed E-state index contributed by atoms with van der Waals surface area (Å²) < 4.78 is 12.7. The maximum Gasteiger partial charge on any atom is 0.183 e. The van der Waals surface area contributed by atoms with Gasteiger partial charge in [0, 0.05) is 30.7 Å². The lowest BCUT2D eigenvalue weighted by Gasteiger charge is -2.09. The highest BCUT2D eigenvalue weighted by Gasteiger charge is 2.13. The lowest BCUT2D eigenvalue weighted by atomic mass is 10.2. The summed E-state index contributed by atoms with van der Waals surface area (Å²) in [6.07, 6.45) is 3.98. The van der Waals surface area contributed by atoms with E-state index in [9.17, 15) is 0 Å². The molecule has 1 aromatic carbocycles. The van der Waals surface area contributed by atoms with Gasteiger partial charge in [-0.1, -0.05) is 23.5 Å². The number of thiazole rings is 1. The van der Waals surface area contributed by atoms with Crippen LogP contribution in [0.4, 0.5) is 5.13 Å². The van der Waals surface area contributed by atoms with Crippen LogP contribution >= 0.6 is 11.3 Å². The van der Waals surface area contributed by atoms with Crippen LogP contribution in [0.15, 0.2) is 48.7 Å². The summed E-state index contributed by atoms with van der Waals surface area (Å²) in [7, 11) is 3.28. The maximum atomic E-state index is 5.39. The van der Waals surface area contributed by atoms with Gasteiger partial charge in [0.1, 0.15) is 5.69 Å². The largest absolute Gasteiger partial charge is 0.493 e. The Labute approximate surface area is 198 Å². The van der Waals surface area contributed by atoms with E-state index in [0.717, 1.165) is 69.2 Å². The monoisotopic (exact) mass is 463 g/mol. The lowest BCUT2D eigenvalue weighted by Crippen LogP contribution is -2.01. The quantitative estimate of drug-likeness (QED) is 0.345. The Kier molecular flexibility index (Phi) is 7.24. The highest BCUT2D eigenvalue weighted by Crippen LogP contribution is 2.32. The minimum Gasteiger partial charge on any atom is -0.493 e. The van der Waals surface area contributed by atoms with Gasteiger partial charge in [-0.05, 0) is 62.6 Å². The number of methoxy groups -OCH3 is 2. The summed E-state index contributed by atoms with van der Waals surface area (Å²) in [6.45, 7) is 5.56. The molecule has 3 heterocycles. The number of hydrogen-bond acceptors (Lipinski definition) is 7. The lowest BCUT2D eigenvalue weighted by molar-refractivity contribution is 0.354. The molecule has 0 atom stereocenters. The van der Waals surface area contributed by atoms with Crippen molar-refractivity contribution in [2.45, 2.75) is 39.8 Å². The number of benzene rings is 1. The van der Waals surface area contributed by atoms with Crippen molar-refractivity contribution in [3.8, 4) is 22.1 Å². The molecule has 0 aliphatic carbocycles. The molecule has 0 spiro atoms. The molecule has 1 N–H and O–H groups in total. The summed E-state index contributed by atoms with van der Waals surface area (Å²) in [4.78, 5) is 10.4. The molecule has 0 fully saturated rings. The Balaban J connectivity index is 1.36. The highest BCUT2D eigenvalue weighted by atomic mass is 32.1. The van der Waals surface area contributed by atoms with Crippen molar-refractivity contribution in [3.05, 3.63) is 71.3 Å². The molecule has 0 aliphatic heterocycles. The molecule has 33 heavy (non-hydrogen) atoms. The standard InChI is InChI=1S/C25H29N5O2S/c1-17-7-5-8-20(27-17)9-6-13-30-14-12-21(29-30)24-18(2)28-25(33-24)26-16-19-10-11-22(31-3)23(15-19)32-4/h5,7-8,10-12,14-15H,6,9,13,16H2,1-4H3,(H,26,28). The van der Waals surface area contributed by atoms with Crippen molar-refractivity contribution in [1.29, 1.82) is 0 Å². The van der Waals surface area contributed by atoms with Crippen LogP contribution < -0.4 is 14.8 Å². The Hall–Kier alpha value is -3.39. The first-order valence-electron chi connectivity index (χ1n) is 10.9. The number of ether oxygens (including phenoxy) is 2. The first-order valence-corrected chi connectivity index (χ1v) is 11.8. The van der Waals surface area contributed by atoms with E-state index in [1.807, 2.05) is 49.0 Å². The van der Waals surface area contributed by atoms with Gasteiger partial charge in [-0.25, -0.2) is 4.98 Å². The van der Waals surface area contributed by atoms with Crippen LogP contribution in [-0.2, 0) is 19.5 Å². The average molecular weight is 464 g/mol. The van der Waals surface area contributed by atoms with Crippen molar-refractivity contribution < 1.29 is 9.47 Å². The Morgan fingerprint density at radius 3 is 2.64 bits per heavy atom. The number of nitrogens with one attached hydrogen (secondary N) is 1. The summed E-state index contributed by atoms with van der Waals surface area (Å²) in [5.41, 5.74) is 5.22. The average Bonchev–Trinajstić information content (AvgIpc) is 3.43. The van der Waals surface area contributed by atoms with Crippen LogP contribution in [0.25, 0.3) is 10.6 Å². The van der Waals surface area contributed by atoms with E-state index in [1.165, 1.54) is 0 Å². The molecule has 0 saturated heterocycles. The zero-order valence-corrected chi connectivity index (χ0v) is 20.3. The zero-order chi connectivity index (χ0) is 23.2. The molecule has 4 rings (SSSR count). The first-order chi connectivity index (χ1) is 16.1. The maximum absolute atomic E-state index is 5.39. The van der Waals surface area contributed by atoms with Gasteiger partial charge in [0.2, 0.25) is 0 Å². The smallest absolute Gasteiger partial charge is 0.183 e. The van der Waals surface area contributed by atoms with Crippen molar-refractivity contribution in [1.82, 2.24) is 19.7 Å². The van der Waals surface area contributed by atoms with Crippen LogP contribution in [0.1, 0.15) is 29.1 Å². The molecule has 0 radical (unpaired) electrons. The molecule has 4 aromatic rings. The second-order valence-electron chi connectivity index (χ2n) is 7.81. The van der Waals surface area contributed by atoms with Crippen molar-refractivity contribution in [2.24, 2.45) is 0 Å². The van der Waals surface area contributed by atoms with Crippen LogP contribution in [-0.4, -0.2) is 34.0 Å². The third-order valence-corrected chi connectivity index (χ3v) is 6.47. The topological polar surface area (TPSA) is 74.1 Å². The number of anilines is 1. The van der Waals surface area contributed by atoms with Crippen molar-refractivity contribution in [2.75, 3.05) is 19.5 Å². The highest BCUT2D eigenvalue weighted by molar-refractivity contribution is 7.19. The molecule has 0 saturated carbocycles. The van der Waals surface area contributed by atoms with Gasteiger partial charge in [0.15, 0.2) is 16.6 Å². The van der Waals surface area contributed by atoms with Gasteiger partial charge >= 0.3 is 0 Å². The van der Waals surface area contributed by atoms with Crippen LogP contribution in [0, 0.1) is 13.8 Å². The second kappa shape index (κ2) is 10.5. The van der Waals surface area contributed by atoms with E-state index < -0.39 is 0 Å². The molecule has 8 heteroatoms. The van der Waals surface area contributed by atoms with Crippen LogP contribution in [0.2, 0.25) is 0 Å². The van der Waals surface area contributed by atoms with Gasteiger partial charge in [0.25, 0.3) is 0 Å². The number of rotatable bonds is 10.